The standard InChI is InChI=1S/C21H25NO3/c1-24-19-11-10-18-12-17(15-25-20(18)13-19)14-22-21(23)9-5-8-16-6-3-2-4-7-16/h2-4,6-7,10-11,13,17H,5,8-9,12,14-15H2,1H3,(H,22,23)/t17-/m0/s1. The van der Waals surface area contributed by atoms with Gasteiger partial charge in [-0.05, 0) is 36.5 Å². The highest BCUT2D eigenvalue weighted by molar-refractivity contribution is 5.75. The number of carbonyl (C=O) groups excluding carboxylic acids is 1. The summed E-state index contributed by atoms with van der Waals surface area (Å²) in [4.78, 5) is 12.0. The third-order valence-electron chi connectivity index (χ3n) is 4.56. The van der Waals surface area contributed by atoms with Gasteiger partial charge >= 0.3 is 0 Å². The number of ether oxygens (including phenoxy) is 2. The number of benzene rings is 2. The monoisotopic (exact) mass is 339 g/mol. The molecule has 3 rings (SSSR count). The number of hydrogen-bond acceptors (Lipinski definition) is 3. The number of aryl methyl sites for hydroxylation is 1. The summed E-state index contributed by atoms with van der Waals surface area (Å²) < 4.78 is 11.0. The van der Waals surface area contributed by atoms with Crippen molar-refractivity contribution in [1.29, 1.82) is 0 Å². The largest absolute Gasteiger partial charge is 0.497 e. The van der Waals surface area contributed by atoms with Gasteiger partial charge in [-0.1, -0.05) is 36.4 Å². The molecule has 1 atom stereocenters. The van der Waals surface area contributed by atoms with Gasteiger partial charge in [0, 0.05) is 24.9 Å². The maximum absolute atomic E-state index is 12.0. The fourth-order valence-electron chi connectivity index (χ4n) is 3.12. The molecule has 0 saturated carbocycles. The lowest BCUT2D eigenvalue weighted by molar-refractivity contribution is -0.121. The molecule has 1 heterocycles. The summed E-state index contributed by atoms with van der Waals surface area (Å²) >= 11 is 0. The van der Waals surface area contributed by atoms with Crippen LogP contribution in [-0.4, -0.2) is 26.2 Å². The Kier molecular flexibility index (Phi) is 5.94. The average Bonchev–Trinajstić information content (AvgIpc) is 2.66. The molecular formula is C21H25NO3. The summed E-state index contributed by atoms with van der Waals surface area (Å²) in [6.45, 7) is 1.29. The number of methoxy groups -OCH3 is 1. The van der Waals surface area contributed by atoms with Gasteiger partial charge in [-0.2, -0.15) is 0 Å². The third-order valence-corrected chi connectivity index (χ3v) is 4.56. The minimum atomic E-state index is 0.122. The Hall–Kier alpha value is -2.49. The number of amides is 1. The van der Waals surface area contributed by atoms with Crippen molar-refractivity contribution in [2.24, 2.45) is 5.92 Å². The molecule has 0 radical (unpaired) electrons. The molecule has 0 aromatic heterocycles. The van der Waals surface area contributed by atoms with Crippen molar-refractivity contribution in [2.75, 3.05) is 20.3 Å². The zero-order chi connectivity index (χ0) is 17.5. The van der Waals surface area contributed by atoms with E-state index >= 15 is 0 Å². The van der Waals surface area contributed by atoms with E-state index in [1.165, 1.54) is 11.1 Å². The van der Waals surface area contributed by atoms with Gasteiger partial charge in [0.2, 0.25) is 5.91 Å². The van der Waals surface area contributed by atoms with Crippen LogP contribution in [0.4, 0.5) is 0 Å². The first-order chi connectivity index (χ1) is 12.2. The average molecular weight is 339 g/mol. The lowest BCUT2D eigenvalue weighted by atomic mass is 9.96. The molecule has 4 heteroatoms. The van der Waals surface area contributed by atoms with Gasteiger partial charge in [0.25, 0.3) is 0 Å². The minimum Gasteiger partial charge on any atom is -0.497 e. The molecule has 0 unspecified atom stereocenters. The van der Waals surface area contributed by atoms with Gasteiger partial charge in [-0.15, -0.1) is 0 Å². The summed E-state index contributed by atoms with van der Waals surface area (Å²) in [6, 6.07) is 16.2. The van der Waals surface area contributed by atoms with E-state index in [0.717, 1.165) is 30.8 Å². The van der Waals surface area contributed by atoms with Crippen LogP contribution < -0.4 is 14.8 Å². The molecule has 2 aromatic rings. The van der Waals surface area contributed by atoms with Gasteiger partial charge in [-0.3, -0.25) is 4.79 Å². The highest BCUT2D eigenvalue weighted by Gasteiger charge is 2.20. The first-order valence-corrected chi connectivity index (χ1v) is 8.85. The molecule has 25 heavy (non-hydrogen) atoms. The van der Waals surface area contributed by atoms with E-state index in [-0.39, 0.29) is 5.91 Å². The van der Waals surface area contributed by atoms with Crippen molar-refractivity contribution in [1.82, 2.24) is 5.32 Å². The Balaban J connectivity index is 1.39. The van der Waals surface area contributed by atoms with Crippen LogP contribution in [0, 0.1) is 5.92 Å². The van der Waals surface area contributed by atoms with Gasteiger partial charge in [-0.25, -0.2) is 0 Å². The van der Waals surface area contributed by atoms with Crippen LogP contribution in [0.15, 0.2) is 48.5 Å². The fourth-order valence-corrected chi connectivity index (χ4v) is 3.12. The Morgan fingerprint density at radius 2 is 2.08 bits per heavy atom. The number of nitrogens with one attached hydrogen (secondary N) is 1. The molecule has 0 fully saturated rings. The molecular weight excluding hydrogens is 314 g/mol. The first-order valence-electron chi connectivity index (χ1n) is 8.85. The summed E-state index contributed by atoms with van der Waals surface area (Å²) in [6.07, 6.45) is 3.30. The topological polar surface area (TPSA) is 47.6 Å². The molecule has 0 saturated heterocycles. The molecule has 1 N–H and O–H groups in total. The Labute approximate surface area is 149 Å². The van der Waals surface area contributed by atoms with E-state index in [0.29, 0.717) is 25.5 Å². The number of carbonyl (C=O) groups is 1. The highest BCUT2D eigenvalue weighted by Crippen LogP contribution is 2.30. The van der Waals surface area contributed by atoms with Crippen molar-refractivity contribution in [3.05, 3.63) is 59.7 Å². The molecule has 132 valence electrons. The molecule has 1 aliphatic heterocycles. The second kappa shape index (κ2) is 8.56. The lowest BCUT2D eigenvalue weighted by Crippen LogP contribution is -2.34. The quantitative estimate of drug-likeness (QED) is 0.841. The predicted molar refractivity (Wildman–Crippen MR) is 98.1 cm³/mol. The smallest absolute Gasteiger partial charge is 0.220 e. The molecule has 1 aliphatic rings. The number of fused-ring (bicyclic) bond motifs is 1. The molecule has 4 nitrogen and oxygen atoms in total. The van der Waals surface area contributed by atoms with E-state index < -0.39 is 0 Å². The Morgan fingerprint density at radius 3 is 2.88 bits per heavy atom. The van der Waals surface area contributed by atoms with Crippen molar-refractivity contribution in [3.63, 3.8) is 0 Å². The van der Waals surface area contributed by atoms with Crippen LogP contribution in [-0.2, 0) is 17.6 Å². The van der Waals surface area contributed by atoms with Gasteiger partial charge in [0.05, 0.1) is 13.7 Å². The van der Waals surface area contributed by atoms with Crippen molar-refractivity contribution >= 4 is 5.91 Å². The van der Waals surface area contributed by atoms with Crippen LogP contribution in [0.25, 0.3) is 0 Å². The van der Waals surface area contributed by atoms with Crippen molar-refractivity contribution in [2.45, 2.75) is 25.7 Å². The summed E-state index contributed by atoms with van der Waals surface area (Å²) in [5.74, 6) is 2.14. The normalized spacial score (nSPS) is 15.8. The van der Waals surface area contributed by atoms with E-state index in [1.807, 2.05) is 36.4 Å². The highest BCUT2D eigenvalue weighted by atomic mass is 16.5. The van der Waals surface area contributed by atoms with Crippen LogP contribution in [0.1, 0.15) is 24.0 Å². The molecule has 0 aliphatic carbocycles. The molecule has 0 spiro atoms. The Morgan fingerprint density at radius 1 is 1.24 bits per heavy atom. The first kappa shape index (κ1) is 17.3. The maximum atomic E-state index is 12.0. The summed E-state index contributed by atoms with van der Waals surface area (Å²) in [5.41, 5.74) is 2.46. The van der Waals surface area contributed by atoms with Crippen molar-refractivity contribution < 1.29 is 14.3 Å². The maximum Gasteiger partial charge on any atom is 0.220 e. The number of rotatable bonds is 7. The van der Waals surface area contributed by atoms with E-state index in [2.05, 4.69) is 17.4 Å². The fraction of sp³-hybridized carbons (Fsp3) is 0.381. The van der Waals surface area contributed by atoms with Gasteiger partial charge in [0.1, 0.15) is 11.5 Å². The molecule has 2 aromatic carbocycles. The number of hydrogen-bond donors (Lipinski definition) is 1. The van der Waals surface area contributed by atoms with Gasteiger partial charge < -0.3 is 14.8 Å². The summed E-state index contributed by atoms with van der Waals surface area (Å²) in [7, 11) is 1.65. The molecule has 0 bridgehead atoms. The Bertz CT molecular complexity index is 700. The zero-order valence-electron chi connectivity index (χ0n) is 14.7. The lowest BCUT2D eigenvalue weighted by Gasteiger charge is -2.25. The van der Waals surface area contributed by atoms with Crippen LogP contribution in [0.2, 0.25) is 0 Å². The van der Waals surface area contributed by atoms with Crippen LogP contribution >= 0.6 is 0 Å². The van der Waals surface area contributed by atoms with Crippen LogP contribution in [0.3, 0.4) is 0 Å². The van der Waals surface area contributed by atoms with Crippen LogP contribution in [0.5, 0.6) is 11.5 Å². The van der Waals surface area contributed by atoms with E-state index in [1.54, 1.807) is 7.11 Å². The predicted octanol–water partition coefficient (Wildman–Crippen LogP) is 3.39. The zero-order valence-corrected chi connectivity index (χ0v) is 14.7. The summed E-state index contributed by atoms with van der Waals surface area (Å²) in [5, 5.41) is 3.05. The SMILES string of the molecule is COc1ccc2c(c1)OC[C@H](CNC(=O)CCCc1ccccc1)C2. The van der Waals surface area contributed by atoms with Crippen molar-refractivity contribution in [3.8, 4) is 11.5 Å². The second-order valence-corrected chi connectivity index (χ2v) is 6.50. The van der Waals surface area contributed by atoms with E-state index in [4.69, 9.17) is 9.47 Å². The molecule has 1 amide bonds. The minimum absolute atomic E-state index is 0.122. The third kappa shape index (κ3) is 4.99. The van der Waals surface area contributed by atoms with Gasteiger partial charge in [0.15, 0.2) is 0 Å². The van der Waals surface area contributed by atoms with E-state index in [9.17, 15) is 4.79 Å². The second-order valence-electron chi connectivity index (χ2n) is 6.50.